The lowest BCUT2D eigenvalue weighted by atomic mass is 10.2. The van der Waals surface area contributed by atoms with Crippen LogP contribution in [0.5, 0.6) is 0 Å². The molecule has 0 radical (unpaired) electrons. The molecule has 5 nitrogen and oxygen atoms in total. The number of amides is 1. The number of hydroxylamine groups is 1. The zero-order chi connectivity index (χ0) is 9.52. The number of carbonyl (C=O) groups excluding carboxylic acids is 1. The SMILES string of the molecule is O=C(CCCN1CCOCC1)NO. The topological polar surface area (TPSA) is 61.8 Å². The number of hydrogen-bond donors (Lipinski definition) is 2. The minimum absolute atomic E-state index is 0.312. The minimum Gasteiger partial charge on any atom is -0.379 e. The Labute approximate surface area is 77.6 Å². The van der Waals surface area contributed by atoms with Gasteiger partial charge in [0.05, 0.1) is 13.2 Å². The summed E-state index contributed by atoms with van der Waals surface area (Å²) >= 11 is 0. The van der Waals surface area contributed by atoms with Crippen LogP contribution in [0.4, 0.5) is 0 Å². The molecule has 0 aliphatic carbocycles. The van der Waals surface area contributed by atoms with Crippen molar-refractivity contribution in [3.8, 4) is 0 Å². The molecule has 1 aliphatic heterocycles. The first-order valence-corrected chi connectivity index (χ1v) is 4.56. The average Bonchev–Trinajstić information content (AvgIpc) is 2.19. The highest BCUT2D eigenvalue weighted by Crippen LogP contribution is 1.99. The van der Waals surface area contributed by atoms with Crippen molar-refractivity contribution in [2.45, 2.75) is 12.8 Å². The second-order valence-electron chi connectivity index (χ2n) is 3.09. The molecule has 1 fully saturated rings. The van der Waals surface area contributed by atoms with Gasteiger partial charge in [0.2, 0.25) is 5.91 Å². The molecule has 0 aromatic rings. The van der Waals surface area contributed by atoms with Gasteiger partial charge in [-0.25, -0.2) is 5.48 Å². The van der Waals surface area contributed by atoms with E-state index in [1.165, 1.54) is 0 Å². The van der Waals surface area contributed by atoms with Crippen molar-refractivity contribution >= 4 is 5.91 Å². The summed E-state index contributed by atoms with van der Waals surface area (Å²) in [5, 5.41) is 8.24. The summed E-state index contributed by atoms with van der Waals surface area (Å²) in [6.07, 6.45) is 1.17. The highest BCUT2D eigenvalue weighted by atomic mass is 16.5. The van der Waals surface area contributed by atoms with E-state index in [-0.39, 0.29) is 5.91 Å². The molecule has 76 valence electrons. The van der Waals surface area contributed by atoms with Gasteiger partial charge < -0.3 is 4.74 Å². The molecule has 1 amide bonds. The molecule has 5 heteroatoms. The highest BCUT2D eigenvalue weighted by molar-refractivity contribution is 5.74. The van der Waals surface area contributed by atoms with Gasteiger partial charge in [-0.1, -0.05) is 0 Å². The van der Waals surface area contributed by atoms with Gasteiger partial charge in [0.15, 0.2) is 0 Å². The van der Waals surface area contributed by atoms with E-state index in [0.29, 0.717) is 6.42 Å². The van der Waals surface area contributed by atoms with E-state index in [1.807, 2.05) is 0 Å². The van der Waals surface area contributed by atoms with E-state index >= 15 is 0 Å². The van der Waals surface area contributed by atoms with Gasteiger partial charge in [0.1, 0.15) is 0 Å². The summed E-state index contributed by atoms with van der Waals surface area (Å²) in [4.78, 5) is 12.9. The van der Waals surface area contributed by atoms with Gasteiger partial charge >= 0.3 is 0 Å². The third kappa shape index (κ3) is 4.21. The summed E-state index contributed by atoms with van der Waals surface area (Å²) in [6.45, 7) is 4.36. The molecule has 1 saturated heterocycles. The summed E-state index contributed by atoms with van der Waals surface area (Å²) < 4.78 is 5.19. The van der Waals surface area contributed by atoms with Gasteiger partial charge in [0.25, 0.3) is 0 Å². The third-order valence-electron chi connectivity index (χ3n) is 2.11. The van der Waals surface area contributed by atoms with Crippen molar-refractivity contribution in [2.75, 3.05) is 32.8 Å². The fourth-order valence-corrected chi connectivity index (χ4v) is 1.34. The van der Waals surface area contributed by atoms with Crippen molar-refractivity contribution < 1.29 is 14.7 Å². The second kappa shape index (κ2) is 5.90. The monoisotopic (exact) mass is 188 g/mol. The Kier molecular flexibility index (Phi) is 4.74. The summed E-state index contributed by atoms with van der Waals surface area (Å²) in [7, 11) is 0. The fraction of sp³-hybridized carbons (Fsp3) is 0.875. The first kappa shape index (κ1) is 10.4. The predicted molar refractivity (Wildman–Crippen MR) is 46.4 cm³/mol. The van der Waals surface area contributed by atoms with Crippen molar-refractivity contribution in [1.29, 1.82) is 0 Å². The van der Waals surface area contributed by atoms with Crippen LogP contribution in [-0.4, -0.2) is 48.9 Å². The van der Waals surface area contributed by atoms with Gasteiger partial charge in [-0.2, -0.15) is 0 Å². The molecule has 2 N–H and O–H groups in total. The number of nitrogens with one attached hydrogen (secondary N) is 1. The van der Waals surface area contributed by atoms with Gasteiger partial charge in [0, 0.05) is 19.5 Å². The molecule has 0 unspecified atom stereocenters. The lowest BCUT2D eigenvalue weighted by molar-refractivity contribution is -0.129. The summed E-state index contributed by atoms with van der Waals surface area (Å²) in [5.41, 5.74) is 1.62. The predicted octanol–water partition coefficient (Wildman–Crippen LogP) is -0.396. The maximum Gasteiger partial charge on any atom is 0.243 e. The van der Waals surface area contributed by atoms with E-state index in [1.54, 1.807) is 5.48 Å². The van der Waals surface area contributed by atoms with E-state index in [4.69, 9.17) is 9.94 Å². The van der Waals surface area contributed by atoms with Crippen LogP contribution < -0.4 is 5.48 Å². The van der Waals surface area contributed by atoms with Crippen LogP contribution >= 0.6 is 0 Å². The van der Waals surface area contributed by atoms with Crippen LogP contribution in [0, 0.1) is 0 Å². The van der Waals surface area contributed by atoms with Crippen LogP contribution in [0.3, 0.4) is 0 Å². The molecule has 0 bridgehead atoms. The Bertz CT molecular complexity index is 157. The average molecular weight is 188 g/mol. The van der Waals surface area contributed by atoms with E-state index in [9.17, 15) is 4.79 Å². The van der Waals surface area contributed by atoms with Crippen LogP contribution in [0.2, 0.25) is 0 Å². The Morgan fingerprint density at radius 1 is 1.46 bits per heavy atom. The first-order valence-electron chi connectivity index (χ1n) is 4.56. The molecule has 0 spiro atoms. The van der Waals surface area contributed by atoms with Crippen LogP contribution in [0.25, 0.3) is 0 Å². The number of morpholine rings is 1. The number of ether oxygens (including phenoxy) is 1. The Morgan fingerprint density at radius 2 is 2.15 bits per heavy atom. The van der Waals surface area contributed by atoms with E-state index in [2.05, 4.69) is 4.90 Å². The molecule has 13 heavy (non-hydrogen) atoms. The first-order chi connectivity index (χ1) is 6.33. The number of rotatable bonds is 4. The second-order valence-corrected chi connectivity index (χ2v) is 3.09. The summed E-state index contributed by atoms with van der Waals surface area (Å²) in [5.74, 6) is -0.312. The smallest absolute Gasteiger partial charge is 0.243 e. The van der Waals surface area contributed by atoms with Gasteiger partial charge in [-0.3, -0.25) is 14.9 Å². The van der Waals surface area contributed by atoms with E-state index < -0.39 is 0 Å². The molecule has 1 heterocycles. The van der Waals surface area contributed by atoms with Crippen molar-refractivity contribution in [2.24, 2.45) is 0 Å². The Hall–Kier alpha value is -0.650. The molecule has 0 atom stereocenters. The van der Waals surface area contributed by atoms with Crippen LogP contribution in [0.1, 0.15) is 12.8 Å². The molecule has 0 saturated carbocycles. The van der Waals surface area contributed by atoms with Gasteiger partial charge in [-0.15, -0.1) is 0 Å². The van der Waals surface area contributed by atoms with Crippen LogP contribution in [-0.2, 0) is 9.53 Å². The van der Waals surface area contributed by atoms with Crippen molar-refractivity contribution in [1.82, 2.24) is 10.4 Å². The zero-order valence-electron chi connectivity index (χ0n) is 7.66. The minimum atomic E-state index is -0.312. The number of carbonyl (C=O) groups is 1. The lowest BCUT2D eigenvalue weighted by Crippen LogP contribution is -2.37. The standard InChI is InChI=1S/C8H16N2O3/c11-8(9-12)2-1-3-10-4-6-13-7-5-10/h12H,1-7H2,(H,9,11). The molecular weight excluding hydrogens is 172 g/mol. The summed E-state index contributed by atoms with van der Waals surface area (Å²) in [6, 6.07) is 0. The van der Waals surface area contributed by atoms with E-state index in [0.717, 1.165) is 39.3 Å². The number of nitrogens with zero attached hydrogens (tertiary/aromatic N) is 1. The molecule has 0 aromatic carbocycles. The quantitative estimate of drug-likeness (QED) is 0.465. The third-order valence-corrected chi connectivity index (χ3v) is 2.11. The normalized spacial score (nSPS) is 18.5. The number of hydrogen-bond acceptors (Lipinski definition) is 4. The lowest BCUT2D eigenvalue weighted by Gasteiger charge is -2.26. The Balaban J connectivity index is 2.01. The van der Waals surface area contributed by atoms with Crippen molar-refractivity contribution in [3.05, 3.63) is 0 Å². The molecule has 1 rings (SSSR count). The van der Waals surface area contributed by atoms with Crippen molar-refractivity contribution in [3.63, 3.8) is 0 Å². The van der Waals surface area contributed by atoms with Crippen LogP contribution in [0.15, 0.2) is 0 Å². The molecular formula is C8H16N2O3. The maximum atomic E-state index is 10.6. The fourth-order valence-electron chi connectivity index (χ4n) is 1.34. The Morgan fingerprint density at radius 3 is 2.77 bits per heavy atom. The molecule has 1 aliphatic rings. The zero-order valence-corrected chi connectivity index (χ0v) is 7.66. The maximum absolute atomic E-state index is 10.6. The highest BCUT2D eigenvalue weighted by Gasteiger charge is 2.09. The molecule has 0 aromatic heterocycles. The van der Waals surface area contributed by atoms with Gasteiger partial charge in [-0.05, 0) is 13.0 Å². The largest absolute Gasteiger partial charge is 0.379 e.